The summed E-state index contributed by atoms with van der Waals surface area (Å²) < 4.78 is 6.14. The quantitative estimate of drug-likeness (QED) is 0.871. The van der Waals surface area contributed by atoms with Crippen LogP contribution in [0.1, 0.15) is 30.9 Å². The van der Waals surface area contributed by atoms with Crippen molar-refractivity contribution < 1.29 is 4.74 Å². The van der Waals surface area contributed by atoms with Crippen LogP contribution in [0, 0.1) is 13.8 Å². The third-order valence-corrected chi connectivity index (χ3v) is 3.93. The van der Waals surface area contributed by atoms with E-state index >= 15 is 0 Å². The van der Waals surface area contributed by atoms with Gasteiger partial charge in [0.15, 0.2) is 0 Å². The molecule has 0 aromatic heterocycles. The molecule has 3 heteroatoms. The molecule has 1 aromatic carbocycles. The molecule has 1 atom stereocenters. The Balaban J connectivity index is 2.18. The number of ether oxygens (including phenoxy) is 1. The van der Waals surface area contributed by atoms with Crippen LogP contribution in [0.2, 0.25) is 5.02 Å². The van der Waals surface area contributed by atoms with E-state index in [4.69, 9.17) is 16.3 Å². The number of rotatable bonds is 2. The van der Waals surface area contributed by atoms with Gasteiger partial charge in [-0.2, -0.15) is 0 Å². The van der Waals surface area contributed by atoms with Crippen molar-refractivity contribution >= 4 is 11.6 Å². The molecule has 0 saturated carbocycles. The first-order valence-electron chi connectivity index (χ1n) is 6.17. The number of hydrogen-bond acceptors (Lipinski definition) is 2. The first kappa shape index (κ1) is 12.7. The zero-order valence-corrected chi connectivity index (χ0v) is 11.5. The van der Waals surface area contributed by atoms with Gasteiger partial charge in [-0.25, -0.2) is 0 Å². The highest BCUT2D eigenvalue weighted by molar-refractivity contribution is 6.32. The summed E-state index contributed by atoms with van der Waals surface area (Å²) in [7, 11) is 0. The van der Waals surface area contributed by atoms with Crippen molar-refractivity contribution in [2.75, 3.05) is 13.1 Å². The third-order valence-electron chi connectivity index (χ3n) is 3.33. The van der Waals surface area contributed by atoms with Gasteiger partial charge in [-0.1, -0.05) is 11.6 Å². The SMILES string of the molecule is Cc1cc(OC2(C)CCCNC2)cc(C)c1Cl. The highest BCUT2D eigenvalue weighted by atomic mass is 35.5. The topological polar surface area (TPSA) is 21.3 Å². The maximum absolute atomic E-state index is 6.16. The Hall–Kier alpha value is -0.730. The van der Waals surface area contributed by atoms with Gasteiger partial charge in [0.2, 0.25) is 0 Å². The average Bonchev–Trinajstić information content (AvgIpc) is 2.26. The highest BCUT2D eigenvalue weighted by Gasteiger charge is 2.28. The molecule has 2 nitrogen and oxygen atoms in total. The number of hydrogen-bond donors (Lipinski definition) is 1. The molecule has 0 amide bonds. The van der Waals surface area contributed by atoms with E-state index in [1.54, 1.807) is 0 Å². The molecule has 0 aliphatic carbocycles. The minimum Gasteiger partial charge on any atom is -0.486 e. The lowest BCUT2D eigenvalue weighted by molar-refractivity contribution is 0.0614. The van der Waals surface area contributed by atoms with Crippen LogP contribution in [0.5, 0.6) is 5.75 Å². The Labute approximate surface area is 108 Å². The van der Waals surface area contributed by atoms with Crippen LogP contribution >= 0.6 is 11.6 Å². The van der Waals surface area contributed by atoms with Gasteiger partial charge in [0.25, 0.3) is 0 Å². The normalized spacial score (nSPS) is 24.7. The second kappa shape index (κ2) is 4.87. The molecule has 1 heterocycles. The van der Waals surface area contributed by atoms with Gasteiger partial charge in [0, 0.05) is 11.6 Å². The first-order chi connectivity index (χ1) is 8.00. The summed E-state index contributed by atoms with van der Waals surface area (Å²) >= 11 is 6.16. The molecule has 17 heavy (non-hydrogen) atoms. The fourth-order valence-electron chi connectivity index (χ4n) is 2.37. The summed E-state index contributed by atoms with van der Waals surface area (Å²) in [5, 5.41) is 4.22. The molecular formula is C14H20ClNO. The molecule has 1 aliphatic heterocycles. The number of nitrogens with one attached hydrogen (secondary N) is 1. The van der Waals surface area contributed by atoms with Crippen LogP contribution < -0.4 is 10.1 Å². The van der Waals surface area contributed by atoms with Gasteiger partial charge >= 0.3 is 0 Å². The van der Waals surface area contributed by atoms with Crippen LogP contribution in [-0.4, -0.2) is 18.7 Å². The van der Waals surface area contributed by atoms with Crippen molar-refractivity contribution in [2.24, 2.45) is 0 Å². The van der Waals surface area contributed by atoms with Crippen LogP contribution in [0.4, 0.5) is 0 Å². The maximum Gasteiger partial charge on any atom is 0.120 e. The number of aryl methyl sites for hydroxylation is 2. The van der Waals surface area contributed by atoms with Gasteiger partial charge < -0.3 is 10.1 Å². The van der Waals surface area contributed by atoms with Gasteiger partial charge in [0.1, 0.15) is 11.4 Å². The summed E-state index contributed by atoms with van der Waals surface area (Å²) in [6, 6.07) is 4.05. The van der Waals surface area contributed by atoms with Crippen molar-refractivity contribution in [1.82, 2.24) is 5.32 Å². The molecule has 0 bridgehead atoms. The van der Waals surface area contributed by atoms with E-state index in [1.807, 2.05) is 26.0 Å². The summed E-state index contributed by atoms with van der Waals surface area (Å²) in [4.78, 5) is 0. The minimum absolute atomic E-state index is 0.0923. The summed E-state index contributed by atoms with van der Waals surface area (Å²) in [6.07, 6.45) is 2.27. The van der Waals surface area contributed by atoms with E-state index in [9.17, 15) is 0 Å². The molecule has 1 unspecified atom stereocenters. The Morgan fingerprint density at radius 2 is 1.94 bits per heavy atom. The molecule has 1 saturated heterocycles. The largest absolute Gasteiger partial charge is 0.486 e. The smallest absolute Gasteiger partial charge is 0.120 e. The van der Waals surface area contributed by atoms with Crippen LogP contribution in [0.25, 0.3) is 0 Å². The van der Waals surface area contributed by atoms with Gasteiger partial charge in [-0.3, -0.25) is 0 Å². The molecule has 1 aromatic rings. The Bertz CT molecular complexity index is 388. The second-order valence-corrected chi connectivity index (χ2v) is 5.58. The van der Waals surface area contributed by atoms with E-state index in [2.05, 4.69) is 12.2 Å². The van der Waals surface area contributed by atoms with Crippen molar-refractivity contribution in [2.45, 2.75) is 39.2 Å². The van der Waals surface area contributed by atoms with Gasteiger partial charge in [-0.15, -0.1) is 0 Å². The highest BCUT2D eigenvalue weighted by Crippen LogP contribution is 2.30. The van der Waals surface area contributed by atoms with E-state index in [-0.39, 0.29) is 5.60 Å². The molecule has 2 rings (SSSR count). The molecular weight excluding hydrogens is 234 g/mol. The Morgan fingerprint density at radius 3 is 2.47 bits per heavy atom. The van der Waals surface area contributed by atoms with Crippen LogP contribution in [0.15, 0.2) is 12.1 Å². The number of benzene rings is 1. The molecule has 1 aliphatic rings. The van der Waals surface area contributed by atoms with Gasteiger partial charge in [0.05, 0.1) is 0 Å². The fraction of sp³-hybridized carbons (Fsp3) is 0.571. The van der Waals surface area contributed by atoms with E-state index < -0.39 is 0 Å². The van der Waals surface area contributed by atoms with Crippen molar-refractivity contribution in [3.63, 3.8) is 0 Å². The van der Waals surface area contributed by atoms with Crippen molar-refractivity contribution in [3.8, 4) is 5.75 Å². The lowest BCUT2D eigenvalue weighted by Gasteiger charge is -2.35. The van der Waals surface area contributed by atoms with Crippen LogP contribution in [0.3, 0.4) is 0 Å². The van der Waals surface area contributed by atoms with Crippen LogP contribution in [-0.2, 0) is 0 Å². The van der Waals surface area contributed by atoms with Gasteiger partial charge in [-0.05, 0) is 63.4 Å². The predicted octanol–water partition coefficient (Wildman–Crippen LogP) is 3.48. The lowest BCUT2D eigenvalue weighted by Crippen LogP contribution is -2.47. The summed E-state index contributed by atoms with van der Waals surface area (Å²) in [5.74, 6) is 0.926. The molecule has 0 radical (unpaired) electrons. The first-order valence-corrected chi connectivity index (χ1v) is 6.54. The monoisotopic (exact) mass is 253 g/mol. The fourth-order valence-corrected chi connectivity index (χ4v) is 2.47. The Kier molecular flexibility index (Phi) is 3.64. The Morgan fingerprint density at radius 1 is 1.29 bits per heavy atom. The molecule has 1 fully saturated rings. The average molecular weight is 254 g/mol. The molecule has 94 valence electrons. The van der Waals surface area contributed by atoms with E-state index in [0.29, 0.717) is 0 Å². The molecule has 1 N–H and O–H groups in total. The third kappa shape index (κ3) is 2.93. The zero-order chi connectivity index (χ0) is 12.5. The minimum atomic E-state index is -0.0923. The number of piperidine rings is 1. The summed E-state index contributed by atoms with van der Waals surface area (Å²) in [6.45, 7) is 8.21. The summed E-state index contributed by atoms with van der Waals surface area (Å²) in [5.41, 5.74) is 2.06. The van der Waals surface area contributed by atoms with Crippen molar-refractivity contribution in [3.05, 3.63) is 28.3 Å². The maximum atomic E-state index is 6.16. The van der Waals surface area contributed by atoms with E-state index in [0.717, 1.165) is 41.4 Å². The number of halogens is 1. The van der Waals surface area contributed by atoms with E-state index in [1.165, 1.54) is 6.42 Å². The van der Waals surface area contributed by atoms with Crippen molar-refractivity contribution in [1.29, 1.82) is 0 Å². The second-order valence-electron chi connectivity index (χ2n) is 5.20. The lowest BCUT2D eigenvalue weighted by atomic mass is 9.96. The standard InChI is InChI=1S/C14H20ClNO/c1-10-7-12(8-11(2)13(10)15)17-14(3)5-4-6-16-9-14/h7-8,16H,4-6,9H2,1-3H3. The molecule has 0 spiro atoms. The zero-order valence-electron chi connectivity index (χ0n) is 10.8. The predicted molar refractivity (Wildman–Crippen MR) is 72.1 cm³/mol.